The summed E-state index contributed by atoms with van der Waals surface area (Å²) in [6, 6.07) is 12.6. The van der Waals surface area contributed by atoms with E-state index in [1.54, 1.807) is 24.3 Å². The molecule has 0 aliphatic heterocycles. The van der Waals surface area contributed by atoms with E-state index in [2.05, 4.69) is 16.0 Å². The van der Waals surface area contributed by atoms with Crippen molar-refractivity contribution in [2.75, 3.05) is 6.54 Å². The lowest BCUT2D eigenvalue weighted by atomic mass is 10.1. The van der Waals surface area contributed by atoms with Gasteiger partial charge in [0.25, 0.3) is 0 Å². The van der Waals surface area contributed by atoms with Gasteiger partial charge in [0.05, 0.1) is 12.6 Å². The average Bonchev–Trinajstić information content (AvgIpc) is 2.79. The number of hydrogen-bond donors (Lipinski definition) is 6. The highest BCUT2D eigenvalue weighted by atomic mass is 35.5. The zero-order chi connectivity index (χ0) is 24.4. The molecule has 0 aliphatic carbocycles. The third-order valence-corrected chi connectivity index (χ3v) is 4.87. The Bertz CT molecular complexity index is 971. The summed E-state index contributed by atoms with van der Waals surface area (Å²) in [7, 11) is 0. The molecule has 0 fully saturated rings. The van der Waals surface area contributed by atoms with Crippen molar-refractivity contribution in [1.29, 1.82) is 0 Å². The van der Waals surface area contributed by atoms with Crippen molar-refractivity contribution in [3.63, 3.8) is 0 Å². The molecule has 0 radical (unpaired) electrons. The van der Waals surface area contributed by atoms with E-state index in [1.165, 1.54) is 19.1 Å². The fourth-order valence-electron chi connectivity index (χ4n) is 3.00. The molecule has 0 unspecified atom stereocenters. The molecule has 0 aromatic heterocycles. The van der Waals surface area contributed by atoms with Crippen molar-refractivity contribution in [2.24, 2.45) is 11.5 Å². The average molecular weight is 492 g/mol. The van der Waals surface area contributed by atoms with Gasteiger partial charge in [-0.2, -0.15) is 0 Å². The van der Waals surface area contributed by atoms with E-state index >= 15 is 0 Å². The SMILES string of the molecule is C[C@@H](NC(=O)[C@@H](N)Cc1ccc(O)cc1)C(=O)NCC(=O)N[C@@H](Cc1ccccc1)C(N)=O.Cl. The molecule has 4 amide bonds. The molecule has 2 aromatic rings. The molecule has 10 nitrogen and oxygen atoms in total. The van der Waals surface area contributed by atoms with Crippen molar-refractivity contribution < 1.29 is 24.3 Å². The van der Waals surface area contributed by atoms with Gasteiger partial charge in [0.2, 0.25) is 23.6 Å². The van der Waals surface area contributed by atoms with E-state index in [9.17, 15) is 24.3 Å². The van der Waals surface area contributed by atoms with E-state index in [1.807, 2.05) is 18.2 Å². The molecular formula is C23H30ClN5O5. The summed E-state index contributed by atoms with van der Waals surface area (Å²) in [5.41, 5.74) is 12.8. The molecule has 0 spiro atoms. The van der Waals surface area contributed by atoms with Crippen molar-refractivity contribution in [2.45, 2.75) is 37.9 Å². The van der Waals surface area contributed by atoms with E-state index in [0.717, 1.165) is 11.1 Å². The monoisotopic (exact) mass is 491 g/mol. The Labute approximate surface area is 203 Å². The number of benzene rings is 2. The number of aromatic hydroxyl groups is 1. The summed E-state index contributed by atoms with van der Waals surface area (Å²) in [6.07, 6.45) is 0.444. The minimum Gasteiger partial charge on any atom is -0.508 e. The number of nitrogens with two attached hydrogens (primary N) is 2. The van der Waals surface area contributed by atoms with Crippen LogP contribution in [0, 0.1) is 0 Å². The van der Waals surface area contributed by atoms with Gasteiger partial charge in [-0.3, -0.25) is 19.2 Å². The van der Waals surface area contributed by atoms with E-state index < -0.39 is 48.3 Å². The number of phenolic OH excluding ortho intramolecular Hbond substituents is 1. The fourth-order valence-corrected chi connectivity index (χ4v) is 3.00. The zero-order valence-corrected chi connectivity index (χ0v) is 19.5. The topological polar surface area (TPSA) is 177 Å². The minimum absolute atomic E-state index is 0. The fraction of sp³-hybridized carbons (Fsp3) is 0.304. The van der Waals surface area contributed by atoms with Gasteiger partial charge in [-0.1, -0.05) is 42.5 Å². The Morgan fingerprint density at radius 1 is 0.882 bits per heavy atom. The molecule has 0 saturated carbocycles. The van der Waals surface area contributed by atoms with E-state index in [0.29, 0.717) is 0 Å². The highest BCUT2D eigenvalue weighted by Gasteiger charge is 2.22. The highest BCUT2D eigenvalue weighted by molar-refractivity contribution is 5.93. The number of halogens is 1. The van der Waals surface area contributed by atoms with Crippen LogP contribution in [0.25, 0.3) is 0 Å². The lowest BCUT2D eigenvalue weighted by Gasteiger charge is -2.18. The van der Waals surface area contributed by atoms with Crippen LogP contribution in [0.15, 0.2) is 54.6 Å². The first-order valence-corrected chi connectivity index (χ1v) is 10.4. The smallest absolute Gasteiger partial charge is 0.242 e. The standard InChI is InChI=1S/C23H29N5O5.ClH/c1-14(27-23(33)18(24)11-16-7-9-17(29)10-8-16)22(32)26-13-20(30)28-19(21(25)31)12-15-5-3-2-4-6-15;/h2-10,14,18-19,29H,11-13,24H2,1H3,(H2,25,31)(H,26,32)(H,27,33)(H,28,30);1H/t14-,18+,19+;/m1./s1. The molecule has 0 bridgehead atoms. The van der Waals surface area contributed by atoms with Gasteiger partial charge in [-0.05, 0) is 36.6 Å². The second-order valence-corrected chi connectivity index (χ2v) is 7.64. The normalized spacial score (nSPS) is 12.9. The maximum atomic E-state index is 12.3. The first kappa shape index (κ1) is 28.4. The van der Waals surface area contributed by atoms with Crippen molar-refractivity contribution in [3.8, 4) is 5.75 Å². The van der Waals surface area contributed by atoms with Crippen LogP contribution >= 0.6 is 12.4 Å². The van der Waals surface area contributed by atoms with Crippen molar-refractivity contribution >= 4 is 36.0 Å². The maximum absolute atomic E-state index is 12.3. The summed E-state index contributed by atoms with van der Waals surface area (Å²) >= 11 is 0. The predicted octanol–water partition coefficient (Wildman–Crippen LogP) is -0.482. The van der Waals surface area contributed by atoms with Gasteiger partial charge in [0.1, 0.15) is 17.8 Å². The molecule has 184 valence electrons. The zero-order valence-electron chi connectivity index (χ0n) is 18.7. The molecule has 3 atom stereocenters. The number of hydrogen-bond acceptors (Lipinski definition) is 6. The van der Waals surface area contributed by atoms with Crippen LogP contribution in [-0.4, -0.2) is 53.4 Å². The summed E-state index contributed by atoms with van der Waals surface area (Å²) < 4.78 is 0. The molecule has 2 aromatic carbocycles. The number of phenols is 1. The molecule has 34 heavy (non-hydrogen) atoms. The van der Waals surface area contributed by atoms with Gasteiger partial charge in [-0.15, -0.1) is 12.4 Å². The Morgan fingerprint density at radius 3 is 2.06 bits per heavy atom. The first-order valence-electron chi connectivity index (χ1n) is 10.4. The molecule has 0 aliphatic rings. The van der Waals surface area contributed by atoms with Gasteiger partial charge in [0.15, 0.2) is 0 Å². The highest BCUT2D eigenvalue weighted by Crippen LogP contribution is 2.11. The van der Waals surface area contributed by atoms with Crippen molar-refractivity contribution in [3.05, 3.63) is 65.7 Å². The van der Waals surface area contributed by atoms with Crippen LogP contribution in [0.5, 0.6) is 5.75 Å². The van der Waals surface area contributed by atoms with Gasteiger partial charge >= 0.3 is 0 Å². The predicted molar refractivity (Wildman–Crippen MR) is 129 cm³/mol. The first-order chi connectivity index (χ1) is 15.7. The second kappa shape index (κ2) is 13.8. The van der Waals surface area contributed by atoms with Crippen LogP contribution in [-0.2, 0) is 32.0 Å². The lowest BCUT2D eigenvalue weighted by molar-refractivity contribution is -0.131. The summed E-state index contributed by atoms with van der Waals surface area (Å²) in [4.78, 5) is 48.4. The molecule has 0 saturated heterocycles. The number of primary amides is 1. The van der Waals surface area contributed by atoms with Crippen LogP contribution in [0.1, 0.15) is 18.1 Å². The van der Waals surface area contributed by atoms with Gasteiger partial charge in [-0.25, -0.2) is 0 Å². The van der Waals surface area contributed by atoms with Gasteiger partial charge < -0.3 is 32.5 Å². The largest absolute Gasteiger partial charge is 0.508 e. The Balaban J connectivity index is 0.00000578. The third kappa shape index (κ3) is 9.47. The van der Waals surface area contributed by atoms with Crippen LogP contribution in [0.4, 0.5) is 0 Å². The Hall–Kier alpha value is -3.63. The van der Waals surface area contributed by atoms with Crippen LogP contribution in [0.2, 0.25) is 0 Å². The summed E-state index contributed by atoms with van der Waals surface area (Å²) in [5.74, 6) is -2.30. The molecule has 8 N–H and O–H groups in total. The maximum Gasteiger partial charge on any atom is 0.242 e. The number of nitrogens with one attached hydrogen (secondary N) is 3. The summed E-state index contributed by atoms with van der Waals surface area (Å²) in [6.45, 7) is 1.07. The van der Waals surface area contributed by atoms with E-state index in [-0.39, 0.29) is 31.0 Å². The van der Waals surface area contributed by atoms with Crippen LogP contribution in [0.3, 0.4) is 0 Å². The van der Waals surface area contributed by atoms with Crippen molar-refractivity contribution in [1.82, 2.24) is 16.0 Å². The lowest BCUT2D eigenvalue weighted by Crippen LogP contribution is -2.53. The van der Waals surface area contributed by atoms with Gasteiger partial charge in [0, 0.05) is 6.42 Å². The number of rotatable bonds is 11. The summed E-state index contributed by atoms with van der Waals surface area (Å²) in [5, 5.41) is 16.7. The number of carbonyl (C=O) groups is 4. The van der Waals surface area contributed by atoms with E-state index in [4.69, 9.17) is 11.5 Å². The molecular weight excluding hydrogens is 462 g/mol. The molecule has 0 heterocycles. The molecule has 2 rings (SSSR count). The Kier molecular flexibility index (Phi) is 11.5. The minimum atomic E-state index is -0.938. The Morgan fingerprint density at radius 2 is 1.47 bits per heavy atom. The number of carbonyl (C=O) groups excluding carboxylic acids is 4. The van der Waals surface area contributed by atoms with Crippen LogP contribution < -0.4 is 27.4 Å². The molecule has 11 heteroatoms. The quantitative estimate of drug-likeness (QED) is 0.247. The number of amides is 4. The second-order valence-electron chi connectivity index (χ2n) is 7.64. The third-order valence-electron chi connectivity index (χ3n) is 4.87.